The van der Waals surface area contributed by atoms with Crippen LogP contribution in [0.2, 0.25) is 0 Å². The molecule has 0 bridgehead atoms. The van der Waals surface area contributed by atoms with Crippen molar-refractivity contribution in [2.75, 3.05) is 7.11 Å². The molecule has 0 aliphatic carbocycles. The summed E-state index contributed by atoms with van der Waals surface area (Å²) in [6.45, 7) is 9.71. The first kappa shape index (κ1) is 14.5. The lowest BCUT2D eigenvalue weighted by molar-refractivity contribution is -0.253. The van der Waals surface area contributed by atoms with Gasteiger partial charge in [0.2, 0.25) is 0 Å². The van der Waals surface area contributed by atoms with Crippen molar-refractivity contribution in [2.45, 2.75) is 64.4 Å². The molecule has 0 amide bonds. The molecule has 0 radical (unpaired) electrons. The molecule has 0 aromatic carbocycles. The number of aliphatic hydroxyl groups is 1. The van der Waals surface area contributed by atoms with Gasteiger partial charge in [0.05, 0.1) is 12.2 Å². The van der Waals surface area contributed by atoms with Gasteiger partial charge in [-0.05, 0) is 26.7 Å². The van der Waals surface area contributed by atoms with Crippen molar-refractivity contribution in [1.29, 1.82) is 0 Å². The molecule has 0 saturated carbocycles. The predicted molar refractivity (Wildman–Crippen MR) is 67.6 cm³/mol. The highest BCUT2D eigenvalue weighted by Crippen LogP contribution is 2.41. The SMILES string of the molecule is CC#CC1(O)C(C)O[C@@H](C(C)C)CC1(C)OC. The van der Waals surface area contributed by atoms with Crippen molar-refractivity contribution in [3.05, 3.63) is 0 Å². The molecule has 1 aliphatic heterocycles. The summed E-state index contributed by atoms with van der Waals surface area (Å²) >= 11 is 0. The van der Waals surface area contributed by atoms with Gasteiger partial charge in [0, 0.05) is 13.5 Å². The Morgan fingerprint density at radius 3 is 2.47 bits per heavy atom. The maximum atomic E-state index is 10.7. The topological polar surface area (TPSA) is 38.7 Å². The van der Waals surface area contributed by atoms with Crippen LogP contribution in [0.25, 0.3) is 0 Å². The first-order valence-electron chi connectivity index (χ1n) is 6.17. The lowest BCUT2D eigenvalue weighted by Gasteiger charge is -2.51. The molecule has 1 rings (SSSR count). The molecule has 98 valence electrons. The summed E-state index contributed by atoms with van der Waals surface area (Å²) in [4.78, 5) is 0. The summed E-state index contributed by atoms with van der Waals surface area (Å²) in [7, 11) is 1.62. The fourth-order valence-electron chi connectivity index (χ4n) is 2.43. The number of hydrogen-bond acceptors (Lipinski definition) is 3. The van der Waals surface area contributed by atoms with Crippen molar-refractivity contribution in [1.82, 2.24) is 0 Å². The van der Waals surface area contributed by atoms with Crippen molar-refractivity contribution in [3.8, 4) is 11.8 Å². The fourth-order valence-corrected chi connectivity index (χ4v) is 2.43. The third-order valence-corrected chi connectivity index (χ3v) is 3.87. The lowest BCUT2D eigenvalue weighted by Crippen LogP contribution is -2.65. The molecule has 1 fully saturated rings. The zero-order chi connectivity index (χ0) is 13.3. The molecule has 3 nitrogen and oxygen atoms in total. The van der Waals surface area contributed by atoms with Crippen LogP contribution in [-0.2, 0) is 9.47 Å². The fraction of sp³-hybridized carbons (Fsp3) is 0.857. The van der Waals surface area contributed by atoms with E-state index in [4.69, 9.17) is 9.47 Å². The molecule has 1 N–H and O–H groups in total. The summed E-state index contributed by atoms with van der Waals surface area (Å²) in [6.07, 6.45) is 0.381. The second-order valence-electron chi connectivity index (χ2n) is 5.34. The Balaban J connectivity index is 3.11. The largest absolute Gasteiger partial charge is 0.374 e. The lowest BCUT2D eigenvalue weighted by atomic mass is 9.73. The molecule has 1 heterocycles. The van der Waals surface area contributed by atoms with Gasteiger partial charge in [0.25, 0.3) is 0 Å². The number of methoxy groups -OCH3 is 1. The van der Waals surface area contributed by atoms with Gasteiger partial charge >= 0.3 is 0 Å². The minimum Gasteiger partial charge on any atom is -0.374 e. The zero-order valence-corrected chi connectivity index (χ0v) is 11.7. The Labute approximate surface area is 104 Å². The monoisotopic (exact) mass is 240 g/mol. The van der Waals surface area contributed by atoms with Crippen molar-refractivity contribution >= 4 is 0 Å². The van der Waals surface area contributed by atoms with Crippen molar-refractivity contribution in [2.24, 2.45) is 5.92 Å². The maximum absolute atomic E-state index is 10.7. The van der Waals surface area contributed by atoms with Crippen LogP contribution in [0.4, 0.5) is 0 Å². The van der Waals surface area contributed by atoms with Gasteiger partial charge in [0.15, 0.2) is 5.60 Å². The molecule has 3 heteroatoms. The van der Waals surface area contributed by atoms with Gasteiger partial charge < -0.3 is 14.6 Å². The summed E-state index contributed by atoms with van der Waals surface area (Å²) in [5.41, 5.74) is -1.94. The van der Waals surface area contributed by atoms with Crippen LogP contribution in [0.1, 0.15) is 41.0 Å². The molecule has 1 saturated heterocycles. The smallest absolute Gasteiger partial charge is 0.180 e. The van der Waals surface area contributed by atoms with Gasteiger partial charge in [-0.3, -0.25) is 0 Å². The number of rotatable bonds is 2. The third-order valence-electron chi connectivity index (χ3n) is 3.87. The van der Waals surface area contributed by atoms with Crippen LogP contribution in [0.5, 0.6) is 0 Å². The van der Waals surface area contributed by atoms with E-state index in [0.29, 0.717) is 12.3 Å². The minimum absolute atomic E-state index is 0.0916. The molecule has 4 atom stereocenters. The second-order valence-corrected chi connectivity index (χ2v) is 5.34. The van der Waals surface area contributed by atoms with Crippen LogP contribution in [0, 0.1) is 17.8 Å². The molecular weight excluding hydrogens is 216 g/mol. The highest BCUT2D eigenvalue weighted by molar-refractivity contribution is 5.25. The summed E-state index contributed by atoms with van der Waals surface area (Å²) < 4.78 is 11.4. The Morgan fingerprint density at radius 2 is 2.06 bits per heavy atom. The zero-order valence-electron chi connectivity index (χ0n) is 11.7. The van der Waals surface area contributed by atoms with Gasteiger partial charge in [-0.15, -0.1) is 5.92 Å². The van der Waals surface area contributed by atoms with E-state index in [0.717, 1.165) is 0 Å². The van der Waals surface area contributed by atoms with Crippen LogP contribution in [0.15, 0.2) is 0 Å². The quantitative estimate of drug-likeness (QED) is 0.750. The molecule has 1 aliphatic rings. The van der Waals surface area contributed by atoms with Gasteiger partial charge in [-0.25, -0.2) is 0 Å². The molecular formula is C14H24O3. The first-order chi connectivity index (χ1) is 7.80. The van der Waals surface area contributed by atoms with Crippen LogP contribution in [-0.4, -0.2) is 35.6 Å². The van der Waals surface area contributed by atoms with Crippen LogP contribution >= 0.6 is 0 Å². The van der Waals surface area contributed by atoms with E-state index in [1.54, 1.807) is 14.0 Å². The Kier molecular flexibility index (Phi) is 4.24. The van der Waals surface area contributed by atoms with E-state index in [1.165, 1.54) is 0 Å². The van der Waals surface area contributed by atoms with E-state index in [-0.39, 0.29) is 12.2 Å². The summed E-state index contributed by atoms with van der Waals surface area (Å²) in [5, 5.41) is 10.7. The molecule has 3 unspecified atom stereocenters. The van der Waals surface area contributed by atoms with Gasteiger partial charge in [-0.1, -0.05) is 19.8 Å². The van der Waals surface area contributed by atoms with Gasteiger partial charge in [-0.2, -0.15) is 0 Å². The Bertz CT molecular complexity index is 328. The van der Waals surface area contributed by atoms with Crippen LogP contribution < -0.4 is 0 Å². The average molecular weight is 240 g/mol. The highest BCUT2D eigenvalue weighted by Gasteiger charge is 2.56. The van der Waals surface area contributed by atoms with E-state index in [2.05, 4.69) is 25.7 Å². The maximum Gasteiger partial charge on any atom is 0.180 e. The van der Waals surface area contributed by atoms with E-state index < -0.39 is 11.2 Å². The molecule has 0 aromatic heterocycles. The molecule has 0 spiro atoms. The Morgan fingerprint density at radius 1 is 1.47 bits per heavy atom. The average Bonchev–Trinajstić information content (AvgIpc) is 2.26. The van der Waals surface area contributed by atoms with Crippen LogP contribution in [0.3, 0.4) is 0 Å². The van der Waals surface area contributed by atoms with E-state index in [9.17, 15) is 5.11 Å². The number of ether oxygens (including phenoxy) is 2. The summed E-state index contributed by atoms with van der Waals surface area (Å²) in [5.74, 6) is 6.04. The highest BCUT2D eigenvalue weighted by atomic mass is 16.5. The van der Waals surface area contributed by atoms with Crippen molar-refractivity contribution in [3.63, 3.8) is 0 Å². The summed E-state index contributed by atoms with van der Waals surface area (Å²) in [6, 6.07) is 0. The Hall–Kier alpha value is -0.560. The first-order valence-corrected chi connectivity index (χ1v) is 6.17. The van der Waals surface area contributed by atoms with Gasteiger partial charge in [0.1, 0.15) is 5.60 Å². The number of hydrogen-bond donors (Lipinski definition) is 1. The molecule has 0 aromatic rings. The second kappa shape index (κ2) is 4.97. The van der Waals surface area contributed by atoms with Crippen molar-refractivity contribution < 1.29 is 14.6 Å². The van der Waals surface area contributed by atoms with E-state index in [1.807, 2.05) is 13.8 Å². The molecule has 17 heavy (non-hydrogen) atoms. The standard InChI is InChI=1S/C14H24O3/c1-7-8-14(15)11(4)17-12(10(2)3)9-13(14,5)16-6/h10-12,15H,9H2,1-6H3/t11?,12-,13?,14?/m1/s1. The van der Waals surface area contributed by atoms with E-state index >= 15 is 0 Å². The minimum atomic E-state index is -1.25. The normalized spacial score (nSPS) is 42.1. The predicted octanol–water partition coefficient (Wildman–Crippen LogP) is 1.98. The third kappa shape index (κ3) is 2.35.